The number of nitrogens with zero attached hydrogens (tertiary/aromatic N) is 1. The lowest BCUT2D eigenvalue weighted by molar-refractivity contribution is 0.312. The lowest BCUT2D eigenvalue weighted by Crippen LogP contribution is -2.41. The Morgan fingerprint density at radius 2 is 1.95 bits per heavy atom. The van der Waals surface area contributed by atoms with E-state index in [1.807, 2.05) is 0 Å². The molecule has 4 nitrogen and oxygen atoms in total. The Morgan fingerprint density at radius 1 is 1.32 bits per heavy atom. The second kappa shape index (κ2) is 5.98. The largest absolute Gasteiger partial charge is 0.302 e. The summed E-state index contributed by atoms with van der Waals surface area (Å²) >= 11 is 0. The minimum absolute atomic E-state index is 0.234. The molecule has 1 saturated heterocycles. The molecule has 0 bridgehead atoms. The Balaban J connectivity index is 2.02. The lowest BCUT2D eigenvalue weighted by atomic mass is 10.3. The molecule has 2 rings (SSSR count). The molecule has 1 N–H and O–H groups in total. The van der Waals surface area contributed by atoms with Crippen LogP contribution in [0.2, 0.25) is 0 Å². The third-order valence-electron chi connectivity index (χ3n) is 3.21. The van der Waals surface area contributed by atoms with Crippen molar-refractivity contribution < 1.29 is 12.8 Å². The molecule has 1 unspecified atom stereocenters. The Hall–Kier alpha value is -0.980. The molecule has 0 aromatic heterocycles. The summed E-state index contributed by atoms with van der Waals surface area (Å²) in [4.78, 5) is 1.93. The standard InChI is InChI=1S/C13H19FN2O2S/c1-11(10-16-8-4-5-9-16)15-19(17,18)13-7-3-2-6-12(13)14/h2-3,6-7,11,15H,4-5,8-10H2,1H3. The van der Waals surface area contributed by atoms with Gasteiger partial charge in [-0.05, 0) is 45.0 Å². The van der Waals surface area contributed by atoms with Crippen LogP contribution in [0.4, 0.5) is 4.39 Å². The molecule has 1 heterocycles. The Labute approximate surface area is 113 Å². The maximum Gasteiger partial charge on any atom is 0.243 e. The number of hydrogen-bond acceptors (Lipinski definition) is 3. The van der Waals surface area contributed by atoms with Crippen LogP contribution >= 0.6 is 0 Å². The van der Waals surface area contributed by atoms with Gasteiger partial charge in [0.25, 0.3) is 0 Å². The molecule has 6 heteroatoms. The number of benzene rings is 1. The molecule has 1 aromatic rings. The van der Waals surface area contributed by atoms with Crippen LogP contribution in [0.15, 0.2) is 29.2 Å². The van der Waals surface area contributed by atoms with Crippen LogP contribution in [-0.4, -0.2) is 39.0 Å². The summed E-state index contributed by atoms with van der Waals surface area (Å²) in [7, 11) is -3.78. The molecule has 0 amide bonds. The summed E-state index contributed by atoms with van der Waals surface area (Å²) in [6, 6.07) is 5.19. The van der Waals surface area contributed by atoms with Crippen molar-refractivity contribution in [1.29, 1.82) is 0 Å². The van der Waals surface area contributed by atoms with Crippen molar-refractivity contribution in [3.63, 3.8) is 0 Å². The predicted molar refractivity (Wildman–Crippen MR) is 71.9 cm³/mol. The van der Waals surface area contributed by atoms with Gasteiger partial charge >= 0.3 is 0 Å². The van der Waals surface area contributed by atoms with Crippen molar-refractivity contribution in [2.75, 3.05) is 19.6 Å². The summed E-state index contributed by atoms with van der Waals surface area (Å²) in [6.07, 6.45) is 2.32. The second-order valence-electron chi connectivity index (χ2n) is 4.96. The Morgan fingerprint density at radius 3 is 2.58 bits per heavy atom. The number of hydrogen-bond donors (Lipinski definition) is 1. The number of likely N-dealkylation sites (tertiary alicyclic amines) is 1. The highest BCUT2D eigenvalue weighted by atomic mass is 32.2. The first-order chi connectivity index (χ1) is 8.99. The highest BCUT2D eigenvalue weighted by Crippen LogP contribution is 2.14. The van der Waals surface area contributed by atoms with Gasteiger partial charge in [0.15, 0.2) is 0 Å². The number of sulfonamides is 1. The van der Waals surface area contributed by atoms with Crippen LogP contribution in [0.1, 0.15) is 19.8 Å². The molecule has 1 aliphatic heterocycles. The van der Waals surface area contributed by atoms with Crippen LogP contribution in [0.5, 0.6) is 0 Å². The van der Waals surface area contributed by atoms with Crippen molar-refractivity contribution in [2.24, 2.45) is 0 Å². The molecule has 0 saturated carbocycles. The zero-order chi connectivity index (χ0) is 13.9. The molecule has 106 valence electrons. The fraction of sp³-hybridized carbons (Fsp3) is 0.538. The SMILES string of the molecule is CC(CN1CCCC1)NS(=O)(=O)c1ccccc1F. The van der Waals surface area contributed by atoms with Crippen molar-refractivity contribution in [3.05, 3.63) is 30.1 Å². The number of rotatable bonds is 5. The molecule has 1 aromatic carbocycles. The minimum Gasteiger partial charge on any atom is -0.302 e. The van der Waals surface area contributed by atoms with Crippen LogP contribution in [-0.2, 0) is 10.0 Å². The number of halogens is 1. The third kappa shape index (κ3) is 3.75. The first-order valence-electron chi connectivity index (χ1n) is 6.48. The van der Waals surface area contributed by atoms with E-state index in [0.29, 0.717) is 6.54 Å². The van der Waals surface area contributed by atoms with Crippen molar-refractivity contribution in [2.45, 2.75) is 30.7 Å². The molecule has 0 aliphatic carbocycles. The monoisotopic (exact) mass is 286 g/mol. The fourth-order valence-electron chi connectivity index (χ4n) is 2.38. The van der Waals surface area contributed by atoms with Gasteiger partial charge in [0.2, 0.25) is 10.0 Å². The maximum absolute atomic E-state index is 13.5. The van der Waals surface area contributed by atoms with Crippen LogP contribution in [0.25, 0.3) is 0 Å². The first kappa shape index (κ1) is 14.4. The van der Waals surface area contributed by atoms with Gasteiger partial charge in [-0.1, -0.05) is 12.1 Å². The second-order valence-corrected chi connectivity index (χ2v) is 6.64. The van der Waals surface area contributed by atoms with E-state index in [9.17, 15) is 12.8 Å². The smallest absolute Gasteiger partial charge is 0.243 e. The van der Waals surface area contributed by atoms with Gasteiger partial charge in [-0.15, -0.1) is 0 Å². The highest BCUT2D eigenvalue weighted by molar-refractivity contribution is 7.89. The summed E-state index contributed by atoms with van der Waals surface area (Å²) in [5.74, 6) is -0.719. The quantitative estimate of drug-likeness (QED) is 0.894. The van der Waals surface area contributed by atoms with E-state index < -0.39 is 15.8 Å². The van der Waals surface area contributed by atoms with Gasteiger partial charge in [0, 0.05) is 12.6 Å². The van der Waals surface area contributed by atoms with Crippen LogP contribution < -0.4 is 4.72 Å². The van der Waals surface area contributed by atoms with Gasteiger partial charge < -0.3 is 4.90 Å². The normalized spacial score (nSPS) is 18.6. The fourth-order valence-corrected chi connectivity index (χ4v) is 3.69. The van der Waals surface area contributed by atoms with E-state index in [4.69, 9.17) is 0 Å². The van der Waals surface area contributed by atoms with E-state index >= 15 is 0 Å². The summed E-state index contributed by atoms with van der Waals surface area (Å²) < 4.78 is 40.2. The first-order valence-corrected chi connectivity index (χ1v) is 7.96. The molecule has 19 heavy (non-hydrogen) atoms. The highest BCUT2D eigenvalue weighted by Gasteiger charge is 2.22. The molecule has 1 atom stereocenters. The molecule has 0 radical (unpaired) electrons. The van der Waals surface area contributed by atoms with Gasteiger partial charge in [0.1, 0.15) is 10.7 Å². The van der Waals surface area contributed by atoms with E-state index in [-0.39, 0.29) is 10.9 Å². The van der Waals surface area contributed by atoms with Gasteiger partial charge in [-0.3, -0.25) is 0 Å². The van der Waals surface area contributed by atoms with Crippen LogP contribution in [0, 0.1) is 5.82 Å². The molecule has 1 aliphatic rings. The summed E-state index contributed by atoms with van der Waals surface area (Å²) in [5, 5.41) is 0. The summed E-state index contributed by atoms with van der Waals surface area (Å²) in [6.45, 7) is 4.47. The van der Waals surface area contributed by atoms with Gasteiger partial charge in [0.05, 0.1) is 0 Å². The van der Waals surface area contributed by atoms with E-state index in [2.05, 4.69) is 9.62 Å². The average Bonchev–Trinajstić information content (AvgIpc) is 2.81. The molecular weight excluding hydrogens is 267 g/mol. The van der Waals surface area contributed by atoms with Crippen LogP contribution in [0.3, 0.4) is 0 Å². The molecule has 1 fully saturated rings. The molecule has 0 spiro atoms. The van der Waals surface area contributed by atoms with Crippen molar-refractivity contribution in [1.82, 2.24) is 9.62 Å². The van der Waals surface area contributed by atoms with E-state index in [1.54, 1.807) is 6.92 Å². The van der Waals surface area contributed by atoms with Gasteiger partial charge in [-0.25, -0.2) is 17.5 Å². The molecular formula is C13H19FN2O2S. The average molecular weight is 286 g/mol. The summed E-state index contributed by atoms with van der Waals surface area (Å²) in [5.41, 5.74) is 0. The maximum atomic E-state index is 13.5. The third-order valence-corrected chi connectivity index (χ3v) is 4.84. The lowest BCUT2D eigenvalue weighted by Gasteiger charge is -2.21. The number of nitrogens with one attached hydrogen (secondary N) is 1. The Kier molecular flexibility index (Phi) is 4.54. The predicted octanol–water partition coefficient (Wildman–Crippen LogP) is 1.59. The zero-order valence-corrected chi connectivity index (χ0v) is 11.8. The Bertz CT molecular complexity index is 527. The topological polar surface area (TPSA) is 49.4 Å². The van der Waals surface area contributed by atoms with Crippen molar-refractivity contribution in [3.8, 4) is 0 Å². The van der Waals surface area contributed by atoms with E-state index in [0.717, 1.165) is 32.0 Å². The zero-order valence-electron chi connectivity index (χ0n) is 11.0. The minimum atomic E-state index is -3.78. The van der Waals surface area contributed by atoms with E-state index in [1.165, 1.54) is 18.2 Å². The van der Waals surface area contributed by atoms with Gasteiger partial charge in [-0.2, -0.15) is 0 Å². The van der Waals surface area contributed by atoms with Crippen molar-refractivity contribution >= 4 is 10.0 Å².